The summed E-state index contributed by atoms with van der Waals surface area (Å²) in [6, 6.07) is 4.03. The van der Waals surface area contributed by atoms with Crippen LogP contribution in [0.4, 0.5) is 4.39 Å². The van der Waals surface area contributed by atoms with Crippen molar-refractivity contribution in [1.29, 1.82) is 0 Å². The Morgan fingerprint density at radius 1 is 1.42 bits per heavy atom. The van der Waals surface area contributed by atoms with Gasteiger partial charge in [0.25, 0.3) is 5.91 Å². The number of piperidine rings is 1. The van der Waals surface area contributed by atoms with Gasteiger partial charge in [-0.3, -0.25) is 9.59 Å². The van der Waals surface area contributed by atoms with Crippen molar-refractivity contribution in [3.63, 3.8) is 0 Å². The summed E-state index contributed by atoms with van der Waals surface area (Å²) in [6.45, 7) is 0.520. The normalized spacial score (nSPS) is 19.3. The molecule has 1 atom stereocenters. The van der Waals surface area contributed by atoms with Crippen LogP contribution in [0.1, 0.15) is 23.2 Å². The predicted octanol–water partition coefficient (Wildman–Crippen LogP) is 2.42. The van der Waals surface area contributed by atoms with Crippen LogP contribution in [-0.2, 0) is 4.79 Å². The van der Waals surface area contributed by atoms with E-state index in [2.05, 4.69) is 0 Å². The number of nitrogens with zero attached hydrogens (tertiary/aromatic N) is 1. The number of carboxylic acids is 1. The van der Waals surface area contributed by atoms with E-state index in [1.165, 1.54) is 17.0 Å². The third kappa shape index (κ3) is 2.87. The zero-order chi connectivity index (χ0) is 14.0. The van der Waals surface area contributed by atoms with Gasteiger partial charge < -0.3 is 10.0 Å². The molecular weight excluding hydrogens is 273 g/mol. The number of amides is 1. The number of aliphatic carboxylic acids is 1. The molecule has 1 amide bonds. The molecule has 102 valence electrons. The van der Waals surface area contributed by atoms with Gasteiger partial charge in [-0.15, -0.1) is 0 Å². The third-order valence-electron chi connectivity index (χ3n) is 3.23. The van der Waals surface area contributed by atoms with Crippen molar-refractivity contribution in [2.75, 3.05) is 13.1 Å². The lowest BCUT2D eigenvalue weighted by molar-refractivity contribution is -0.143. The Morgan fingerprint density at radius 3 is 2.79 bits per heavy atom. The maximum Gasteiger partial charge on any atom is 0.308 e. The van der Waals surface area contributed by atoms with E-state index in [1.807, 2.05) is 0 Å². The Hall–Kier alpha value is -1.62. The second kappa shape index (κ2) is 5.57. The number of hydrogen-bond acceptors (Lipinski definition) is 2. The van der Waals surface area contributed by atoms with Crippen LogP contribution in [0.3, 0.4) is 0 Å². The third-order valence-corrected chi connectivity index (χ3v) is 3.55. The number of rotatable bonds is 2. The van der Waals surface area contributed by atoms with Crippen LogP contribution in [-0.4, -0.2) is 35.0 Å². The summed E-state index contributed by atoms with van der Waals surface area (Å²) >= 11 is 5.84. The van der Waals surface area contributed by atoms with Gasteiger partial charge in [0.15, 0.2) is 0 Å². The first kappa shape index (κ1) is 13.8. The number of carbonyl (C=O) groups excluding carboxylic acids is 1. The van der Waals surface area contributed by atoms with Gasteiger partial charge >= 0.3 is 5.97 Å². The first-order valence-corrected chi connectivity index (χ1v) is 6.34. The Morgan fingerprint density at radius 2 is 2.16 bits per heavy atom. The average Bonchev–Trinajstić information content (AvgIpc) is 2.38. The highest BCUT2D eigenvalue weighted by Gasteiger charge is 2.30. The largest absolute Gasteiger partial charge is 0.481 e. The highest BCUT2D eigenvalue weighted by molar-refractivity contribution is 6.33. The average molecular weight is 286 g/mol. The fourth-order valence-corrected chi connectivity index (χ4v) is 2.47. The minimum absolute atomic E-state index is 0.0439. The van der Waals surface area contributed by atoms with Gasteiger partial charge in [-0.25, -0.2) is 4.39 Å². The van der Waals surface area contributed by atoms with Crippen molar-refractivity contribution in [3.8, 4) is 0 Å². The molecule has 1 aromatic carbocycles. The number of likely N-dealkylation sites (tertiary alicyclic amines) is 1. The molecule has 2 rings (SSSR count). The van der Waals surface area contributed by atoms with Gasteiger partial charge in [-0.1, -0.05) is 17.7 Å². The van der Waals surface area contributed by atoms with E-state index in [0.29, 0.717) is 19.4 Å². The van der Waals surface area contributed by atoms with Crippen molar-refractivity contribution in [2.24, 2.45) is 5.92 Å². The summed E-state index contributed by atoms with van der Waals surface area (Å²) in [7, 11) is 0. The van der Waals surface area contributed by atoms with Crippen LogP contribution in [0.2, 0.25) is 5.02 Å². The van der Waals surface area contributed by atoms with Gasteiger partial charge in [0.2, 0.25) is 0 Å². The molecule has 0 aromatic heterocycles. The molecule has 0 aliphatic carbocycles. The Balaban J connectivity index is 2.22. The molecule has 1 heterocycles. The number of carbonyl (C=O) groups is 2. The van der Waals surface area contributed by atoms with Crippen LogP contribution in [0.5, 0.6) is 0 Å². The molecule has 4 nitrogen and oxygen atoms in total. The minimum atomic E-state index is -0.933. The van der Waals surface area contributed by atoms with Gasteiger partial charge in [-0.05, 0) is 25.0 Å². The van der Waals surface area contributed by atoms with Crippen LogP contribution >= 0.6 is 11.6 Å². The molecule has 1 aromatic rings. The molecular formula is C13H13ClFNO3. The van der Waals surface area contributed by atoms with Gasteiger partial charge in [-0.2, -0.15) is 0 Å². The smallest absolute Gasteiger partial charge is 0.308 e. The maximum atomic E-state index is 13.7. The van der Waals surface area contributed by atoms with E-state index in [-0.39, 0.29) is 17.1 Å². The molecule has 6 heteroatoms. The van der Waals surface area contributed by atoms with Crippen molar-refractivity contribution in [3.05, 3.63) is 34.6 Å². The number of carboxylic acid groups (broad SMARTS) is 1. The lowest BCUT2D eigenvalue weighted by atomic mass is 9.97. The van der Waals surface area contributed by atoms with Crippen molar-refractivity contribution in [2.45, 2.75) is 12.8 Å². The van der Waals surface area contributed by atoms with Crippen LogP contribution in [0.25, 0.3) is 0 Å². The van der Waals surface area contributed by atoms with E-state index in [0.717, 1.165) is 6.07 Å². The quantitative estimate of drug-likeness (QED) is 0.908. The van der Waals surface area contributed by atoms with E-state index in [1.54, 1.807) is 0 Å². The lowest BCUT2D eigenvalue weighted by Gasteiger charge is -2.31. The summed E-state index contributed by atoms with van der Waals surface area (Å²) in [5, 5.41) is 9.02. The first-order chi connectivity index (χ1) is 9.00. The topological polar surface area (TPSA) is 57.6 Å². The second-order valence-corrected chi connectivity index (χ2v) is 4.93. The monoisotopic (exact) mass is 285 g/mol. The van der Waals surface area contributed by atoms with Gasteiger partial charge in [0.1, 0.15) is 5.82 Å². The van der Waals surface area contributed by atoms with Crippen molar-refractivity contribution >= 4 is 23.5 Å². The summed E-state index contributed by atoms with van der Waals surface area (Å²) < 4.78 is 13.7. The molecule has 1 fully saturated rings. The molecule has 0 spiro atoms. The predicted molar refractivity (Wildman–Crippen MR) is 67.7 cm³/mol. The molecule has 0 radical (unpaired) electrons. The van der Waals surface area contributed by atoms with Crippen LogP contribution < -0.4 is 0 Å². The zero-order valence-corrected chi connectivity index (χ0v) is 10.9. The minimum Gasteiger partial charge on any atom is -0.481 e. The SMILES string of the molecule is O=C(O)[C@@H]1CCCN(C(=O)c2c(F)cccc2Cl)C1. The Kier molecular flexibility index (Phi) is 4.04. The maximum absolute atomic E-state index is 13.7. The number of halogens is 2. The van der Waals surface area contributed by atoms with E-state index in [4.69, 9.17) is 16.7 Å². The summed E-state index contributed by atoms with van der Waals surface area (Å²) in [4.78, 5) is 24.5. The summed E-state index contributed by atoms with van der Waals surface area (Å²) in [5.74, 6) is -2.76. The molecule has 1 aliphatic rings. The second-order valence-electron chi connectivity index (χ2n) is 4.53. The van der Waals surface area contributed by atoms with E-state index >= 15 is 0 Å². The molecule has 0 saturated carbocycles. The van der Waals surface area contributed by atoms with Crippen LogP contribution in [0, 0.1) is 11.7 Å². The van der Waals surface area contributed by atoms with Gasteiger partial charge in [0, 0.05) is 13.1 Å². The zero-order valence-electron chi connectivity index (χ0n) is 10.1. The molecule has 19 heavy (non-hydrogen) atoms. The van der Waals surface area contributed by atoms with Gasteiger partial charge in [0.05, 0.1) is 16.5 Å². The standard InChI is InChI=1S/C13H13ClFNO3/c14-9-4-1-5-10(15)11(9)12(17)16-6-2-3-8(7-16)13(18)19/h1,4-5,8H,2-3,6-7H2,(H,18,19)/t8-/m1/s1. The molecule has 1 aliphatic heterocycles. The van der Waals surface area contributed by atoms with Crippen molar-refractivity contribution < 1.29 is 19.1 Å². The fourth-order valence-electron chi connectivity index (χ4n) is 2.22. The summed E-state index contributed by atoms with van der Waals surface area (Å²) in [6.07, 6.45) is 1.12. The van der Waals surface area contributed by atoms with E-state index in [9.17, 15) is 14.0 Å². The van der Waals surface area contributed by atoms with Crippen molar-refractivity contribution in [1.82, 2.24) is 4.90 Å². The highest BCUT2D eigenvalue weighted by atomic mass is 35.5. The molecule has 0 unspecified atom stereocenters. The lowest BCUT2D eigenvalue weighted by Crippen LogP contribution is -2.42. The van der Waals surface area contributed by atoms with E-state index < -0.39 is 23.6 Å². The number of benzene rings is 1. The van der Waals surface area contributed by atoms with Crippen LogP contribution in [0.15, 0.2) is 18.2 Å². The Labute approximate surface area is 114 Å². The number of hydrogen-bond donors (Lipinski definition) is 1. The fraction of sp³-hybridized carbons (Fsp3) is 0.385. The highest BCUT2D eigenvalue weighted by Crippen LogP contribution is 2.24. The summed E-state index contributed by atoms with van der Waals surface area (Å²) in [5.41, 5.74) is -0.185. The molecule has 0 bridgehead atoms. The first-order valence-electron chi connectivity index (χ1n) is 5.97. The molecule has 1 saturated heterocycles. The Bertz CT molecular complexity index is 500. The molecule has 1 N–H and O–H groups in total.